The van der Waals surface area contributed by atoms with Crippen LogP contribution in [0, 0.1) is 0 Å². The van der Waals surface area contributed by atoms with Crippen LogP contribution in [-0.2, 0) is 4.79 Å². The van der Waals surface area contributed by atoms with Gasteiger partial charge < -0.3 is 14.8 Å². The van der Waals surface area contributed by atoms with E-state index in [0.717, 1.165) is 12.1 Å². The fourth-order valence-corrected chi connectivity index (χ4v) is 1.65. The maximum absolute atomic E-state index is 13.2. The Hall–Kier alpha value is -2.20. The van der Waals surface area contributed by atoms with Crippen LogP contribution in [0.15, 0.2) is 18.2 Å². The van der Waals surface area contributed by atoms with Crippen molar-refractivity contribution in [1.82, 2.24) is 0 Å². The van der Waals surface area contributed by atoms with Crippen molar-refractivity contribution in [3.8, 4) is 11.5 Å². The topological polar surface area (TPSA) is 47.6 Å². The highest BCUT2D eigenvalue weighted by atomic mass is 19.4. The summed E-state index contributed by atoms with van der Waals surface area (Å²) < 4.78 is 98.0. The first-order valence-corrected chi connectivity index (χ1v) is 6.00. The molecule has 4 nitrogen and oxygen atoms in total. The number of hydrogen-bond acceptors (Lipinski definition) is 3. The predicted molar refractivity (Wildman–Crippen MR) is 62.0 cm³/mol. The third-order valence-corrected chi connectivity index (χ3v) is 2.84. The first-order chi connectivity index (χ1) is 10.5. The van der Waals surface area contributed by atoms with E-state index in [2.05, 4.69) is 0 Å². The number of ether oxygens (including phenoxy) is 2. The maximum Gasteiger partial charge on any atom is 0.460 e. The number of amides is 1. The Morgan fingerprint density at radius 1 is 0.957 bits per heavy atom. The summed E-state index contributed by atoms with van der Waals surface area (Å²) in [5, 5.41) is 1.31. The molecule has 128 valence electrons. The van der Waals surface area contributed by atoms with Crippen molar-refractivity contribution in [2.75, 3.05) is 18.5 Å². The Labute approximate surface area is 124 Å². The van der Waals surface area contributed by atoms with Crippen LogP contribution in [0.5, 0.6) is 11.5 Å². The summed E-state index contributed by atoms with van der Waals surface area (Å²) in [7, 11) is 0. The molecule has 1 N–H and O–H groups in total. The van der Waals surface area contributed by atoms with E-state index in [-0.39, 0.29) is 24.7 Å². The van der Waals surface area contributed by atoms with Gasteiger partial charge in [-0.3, -0.25) is 4.79 Å². The molecule has 0 saturated heterocycles. The quantitative estimate of drug-likeness (QED) is 0.854. The number of nitrogens with one attached hydrogen (secondary N) is 1. The predicted octanol–water partition coefficient (Wildman–Crippen LogP) is 3.23. The van der Waals surface area contributed by atoms with Gasteiger partial charge in [-0.1, -0.05) is 0 Å². The molecule has 0 aromatic heterocycles. The van der Waals surface area contributed by atoms with E-state index in [1.54, 1.807) is 0 Å². The van der Waals surface area contributed by atoms with Crippen molar-refractivity contribution < 1.29 is 45.0 Å². The summed E-state index contributed by atoms with van der Waals surface area (Å²) >= 11 is 0. The lowest BCUT2D eigenvalue weighted by molar-refractivity contribution is -0.343. The zero-order chi connectivity index (χ0) is 17.5. The van der Waals surface area contributed by atoms with Gasteiger partial charge in [-0.15, -0.1) is 0 Å². The smallest absolute Gasteiger partial charge is 0.460 e. The molecule has 0 bridgehead atoms. The fraction of sp³-hybridized carbons (Fsp3) is 0.417. The van der Waals surface area contributed by atoms with Gasteiger partial charge in [0, 0.05) is 11.8 Å². The zero-order valence-corrected chi connectivity index (χ0v) is 11.0. The zero-order valence-electron chi connectivity index (χ0n) is 11.0. The number of anilines is 1. The van der Waals surface area contributed by atoms with Gasteiger partial charge >= 0.3 is 23.9 Å². The molecule has 0 fully saturated rings. The summed E-state index contributed by atoms with van der Waals surface area (Å²) in [5.74, 6) is -15.1. The molecule has 0 aliphatic carbocycles. The molecule has 0 unspecified atom stereocenters. The number of halogens is 7. The Kier molecular flexibility index (Phi) is 4.07. The number of carbonyl (C=O) groups is 1. The molecule has 0 atom stereocenters. The van der Waals surface area contributed by atoms with E-state index in [0.29, 0.717) is 0 Å². The lowest BCUT2D eigenvalue weighted by Gasteiger charge is -2.27. The van der Waals surface area contributed by atoms with Gasteiger partial charge in [-0.05, 0) is 12.1 Å². The molecule has 1 aliphatic rings. The summed E-state index contributed by atoms with van der Waals surface area (Å²) in [6.07, 6.45) is -6.58. The van der Waals surface area contributed by atoms with Crippen LogP contribution in [0.25, 0.3) is 0 Å². The minimum Gasteiger partial charge on any atom is -0.486 e. The molecule has 1 aliphatic heterocycles. The van der Waals surface area contributed by atoms with Crippen LogP contribution in [-0.4, -0.2) is 37.1 Å². The largest absolute Gasteiger partial charge is 0.486 e. The van der Waals surface area contributed by atoms with Crippen molar-refractivity contribution in [3.05, 3.63) is 18.2 Å². The van der Waals surface area contributed by atoms with Crippen molar-refractivity contribution >= 4 is 11.6 Å². The molecule has 0 radical (unpaired) electrons. The van der Waals surface area contributed by atoms with E-state index in [9.17, 15) is 35.5 Å². The van der Waals surface area contributed by atoms with Gasteiger partial charge in [-0.25, -0.2) is 0 Å². The highest BCUT2D eigenvalue weighted by molar-refractivity contribution is 5.97. The molecule has 1 aromatic carbocycles. The molecule has 1 heterocycles. The lowest BCUT2D eigenvalue weighted by Crippen LogP contribution is -2.57. The molecule has 2 rings (SSSR count). The van der Waals surface area contributed by atoms with Crippen LogP contribution in [0.4, 0.5) is 36.4 Å². The number of rotatable bonds is 3. The second-order valence-electron chi connectivity index (χ2n) is 4.46. The Morgan fingerprint density at radius 3 is 2.09 bits per heavy atom. The van der Waals surface area contributed by atoms with Gasteiger partial charge in [0.1, 0.15) is 13.2 Å². The van der Waals surface area contributed by atoms with Crippen LogP contribution in [0.3, 0.4) is 0 Å². The fourth-order valence-electron chi connectivity index (χ4n) is 1.65. The minimum absolute atomic E-state index is 0.0277. The van der Waals surface area contributed by atoms with Crippen molar-refractivity contribution in [3.63, 3.8) is 0 Å². The molecule has 0 saturated carbocycles. The van der Waals surface area contributed by atoms with Crippen LogP contribution in [0.2, 0.25) is 0 Å². The van der Waals surface area contributed by atoms with Crippen LogP contribution < -0.4 is 14.8 Å². The molecule has 1 amide bonds. The molecular weight excluding hydrogens is 339 g/mol. The molecule has 0 spiro atoms. The van der Waals surface area contributed by atoms with E-state index in [1.165, 1.54) is 11.4 Å². The lowest BCUT2D eigenvalue weighted by atomic mass is 10.1. The summed E-state index contributed by atoms with van der Waals surface area (Å²) in [6.45, 7) is 0.335. The van der Waals surface area contributed by atoms with Gasteiger partial charge in [0.15, 0.2) is 11.5 Å². The van der Waals surface area contributed by atoms with E-state index >= 15 is 0 Å². The van der Waals surface area contributed by atoms with Gasteiger partial charge in [0.2, 0.25) is 0 Å². The van der Waals surface area contributed by atoms with Gasteiger partial charge in [-0.2, -0.15) is 30.7 Å². The van der Waals surface area contributed by atoms with Gasteiger partial charge in [0.25, 0.3) is 0 Å². The number of alkyl halides is 7. The minimum atomic E-state index is -6.58. The Balaban J connectivity index is 2.21. The SMILES string of the molecule is O=C(Nc1ccc2c(c1)OCCO2)C(F)(F)C(F)(F)C(F)(F)F. The Morgan fingerprint density at radius 2 is 1.52 bits per heavy atom. The molecular formula is C12H8F7NO3. The Bertz CT molecular complexity index is 615. The number of hydrogen-bond donors (Lipinski definition) is 1. The summed E-state index contributed by atoms with van der Waals surface area (Å²) in [4.78, 5) is 11.2. The van der Waals surface area contributed by atoms with Crippen molar-refractivity contribution in [2.45, 2.75) is 18.0 Å². The number of fused-ring (bicyclic) bond motifs is 1. The first kappa shape index (κ1) is 17.2. The van der Waals surface area contributed by atoms with E-state index < -0.39 is 29.6 Å². The van der Waals surface area contributed by atoms with Gasteiger partial charge in [0.05, 0.1) is 0 Å². The average molecular weight is 347 g/mol. The second kappa shape index (κ2) is 5.46. The van der Waals surface area contributed by atoms with Crippen LogP contribution in [0.1, 0.15) is 0 Å². The average Bonchev–Trinajstić information content (AvgIpc) is 2.45. The van der Waals surface area contributed by atoms with Crippen molar-refractivity contribution in [2.24, 2.45) is 0 Å². The highest BCUT2D eigenvalue weighted by Gasteiger charge is 2.76. The second-order valence-corrected chi connectivity index (χ2v) is 4.46. The van der Waals surface area contributed by atoms with E-state index in [4.69, 9.17) is 9.47 Å². The maximum atomic E-state index is 13.2. The highest BCUT2D eigenvalue weighted by Crippen LogP contribution is 2.47. The molecule has 1 aromatic rings. The summed E-state index contributed by atoms with van der Waals surface area (Å²) in [6, 6.07) is 3.14. The molecule has 23 heavy (non-hydrogen) atoms. The first-order valence-electron chi connectivity index (χ1n) is 6.00. The van der Waals surface area contributed by atoms with E-state index in [1.807, 2.05) is 0 Å². The number of carbonyl (C=O) groups excluding carboxylic acids is 1. The van der Waals surface area contributed by atoms with Crippen LogP contribution >= 0.6 is 0 Å². The third-order valence-electron chi connectivity index (χ3n) is 2.84. The standard InChI is InChI=1S/C12H8F7NO3/c13-10(14,11(15,16)12(17,18)19)9(21)20-6-1-2-7-8(5-6)23-4-3-22-7/h1-2,5H,3-4H2,(H,20,21). The number of benzene rings is 1. The normalized spacial score (nSPS) is 15.3. The third kappa shape index (κ3) is 2.99. The monoisotopic (exact) mass is 347 g/mol. The molecule has 11 heteroatoms. The summed E-state index contributed by atoms with van der Waals surface area (Å²) in [5.41, 5.74) is -0.447. The van der Waals surface area contributed by atoms with Crippen molar-refractivity contribution in [1.29, 1.82) is 0 Å².